The summed E-state index contributed by atoms with van der Waals surface area (Å²) in [5.74, 6) is 0.905. The first-order valence-electron chi connectivity index (χ1n) is 11.6. The first-order chi connectivity index (χ1) is 14.4. The summed E-state index contributed by atoms with van der Waals surface area (Å²) in [6.45, 7) is 9.44. The standard InChI is InChI=1S/C25H33ClN2O2/c1-17-5-4-8-25(2)15-23-20(14-22(17)25)21(24(29)30-23)16-27-9-11-28(12-10-27)19-7-3-6-18(26)13-19/h3,6-7,13-14,17,20-21,23H,4-5,8-12,15-16H2,1-2H3/t17-,20+,21?,23+,25+/m0/s1. The number of hydrogen-bond acceptors (Lipinski definition) is 4. The van der Waals surface area contributed by atoms with E-state index >= 15 is 0 Å². The van der Waals surface area contributed by atoms with E-state index in [9.17, 15) is 4.79 Å². The van der Waals surface area contributed by atoms with E-state index in [0.29, 0.717) is 5.92 Å². The van der Waals surface area contributed by atoms with Gasteiger partial charge in [0.25, 0.3) is 0 Å². The van der Waals surface area contributed by atoms with Crippen LogP contribution in [0.15, 0.2) is 35.9 Å². The molecule has 2 heterocycles. The van der Waals surface area contributed by atoms with Crippen molar-refractivity contribution in [2.75, 3.05) is 37.6 Å². The lowest BCUT2D eigenvalue weighted by atomic mass is 9.59. The quantitative estimate of drug-likeness (QED) is 0.512. The number of halogens is 1. The summed E-state index contributed by atoms with van der Waals surface area (Å²) >= 11 is 6.16. The van der Waals surface area contributed by atoms with Gasteiger partial charge in [0, 0.05) is 49.4 Å². The van der Waals surface area contributed by atoms with Gasteiger partial charge >= 0.3 is 5.97 Å². The molecule has 0 amide bonds. The number of carbonyl (C=O) groups is 1. The molecule has 2 saturated heterocycles. The highest BCUT2D eigenvalue weighted by molar-refractivity contribution is 6.30. The fourth-order valence-electron chi connectivity index (χ4n) is 6.40. The van der Waals surface area contributed by atoms with Gasteiger partial charge in [-0.25, -0.2) is 0 Å². The molecule has 5 atom stereocenters. The lowest BCUT2D eigenvalue weighted by Crippen LogP contribution is -2.49. The Labute approximate surface area is 185 Å². The molecule has 0 spiro atoms. The Kier molecular flexibility index (Phi) is 5.35. The third kappa shape index (κ3) is 3.67. The van der Waals surface area contributed by atoms with Gasteiger partial charge in [0.05, 0.1) is 5.92 Å². The molecule has 1 aromatic carbocycles. The average molecular weight is 429 g/mol. The SMILES string of the molecule is C[C@H]1CCC[C@]2(C)C[C@H]3OC(=O)C(CN4CCN(c5cccc(Cl)c5)CC4)[C@H]3C=C12. The summed E-state index contributed by atoms with van der Waals surface area (Å²) in [6.07, 6.45) is 7.37. The van der Waals surface area contributed by atoms with Gasteiger partial charge in [-0.15, -0.1) is 0 Å². The number of rotatable bonds is 3. The van der Waals surface area contributed by atoms with Crippen LogP contribution in [0.2, 0.25) is 5.02 Å². The Morgan fingerprint density at radius 2 is 2.03 bits per heavy atom. The number of benzene rings is 1. The molecule has 1 unspecified atom stereocenters. The summed E-state index contributed by atoms with van der Waals surface area (Å²) in [6, 6.07) is 8.08. The number of nitrogens with zero attached hydrogens (tertiary/aromatic N) is 2. The van der Waals surface area contributed by atoms with Crippen LogP contribution < -0.4 is 4.90 Å². The van der Waals surface area contributed by atoms with Gasteiger partial charge in [0.15, 0.2) is 0 Å². The van der Waals surface area contributed by atoms with Crippen molar-refractivity contribution in [2.24, 2.45) is 23.2 Å². The van der Waals surface area contributed by atoms with Crippen molar-refractivity contribution in [1.82, 2.24) is 4.90 Å². The van der Waals surface area contributed by atoms with Crippen LogP contribution in [0.1, 0.15) is 39.5 Å². The molecule has 5 rings (SSSR count). The van der Waals surface area contributed by atoms with Gasteiger partial charge in [0.2, 0.25) is 0 Å². The minimum absolute atomic E-state index is 0.0149. The van der Waals surface area contributed by atoms with E-state index in [2.05, 4.69) is 35.8 Å². The predicted octanol–water partition coefficient (Wildman–Crippen LogP) is 4.78. The van der Waals surface area contributed by atoms with Gasteiger partial charge in [-0.05, 0) is 48.8 Å². The number of carbonyl (C=O) groups excluding carboxylic acids is 1. The van der Waals surface area contributed by atoms with Crippen LogP contribution in [0.4, 0.5) is 5.69 Å². The summed E-state index contributed by atoms with van der Waals surface area (Å²) in [5.41, 5.74) is 3.02. The summed E-state index contributed by atoms with van der Waals surface area (Å²) in [4.78, 5) is 17.7. The van der Waals surface area contributed by atoms with E-state index in [1.807, 2.05) is 18.2 Å². The zero-order valence-corrected chi connectivity index (χ0v) is 18.9. The molecule has 0 N–H and O–H groups in total. The first kappa shape index (κ1) is 20.4. The molecule has 4 aliphatic rings. The topological polar surface area (TPSA) is 32.8 Å². The molecule has 5 heteroatoms. The maximum absolute atomic E-state index is 12.8. The van der Waals surface area contributed by atoms with Gasteiger partial charge in [0.1, 0.15) is 6.10 Å². The Morgan fingerprint density at radius 1 is 1.23 bits per heavy atom. The molecule has 30 heavy (non-hydrogen) atoms. The Morgan fingerprint density at radius 3 is 2.80 bits per heavy atom. The molecule has 2 aliphatic carbocycles. The zero-order valence-electron chi connectivity index (χ0n) is 18.1. The van der Waals surface area contributed by atoms with Crippen LogP contribution >= 0.6 is 11.6 Å². The van der Waals surface area contributed by atoms with Gasteiger partial charge in [-0.2, -0.15) is 0 Å². The number of ether oxygens (including phenoxy) is 1. The average Bonchev–Trinajstić information content (AvgIpc) is 3.01. The molecular weight excluding hydrogens is 396 g/mol. The molecule has 3 fully saturated rings. The smallest absolute Gasteiger partial charge is 0.311 e. The van der Waals surface area contributed by atoms with Gasteiger partial charge in [-0.1, -0.05) is 49.6 Å². The second kappa shape index (κ2) is 7.87. The molecule has 4 nitrogen and oxygen atoms in total. The number of piperazine rings is 1. The molecule has 0 bridgehead atoms. The minimum atomic E-state index is -0.0149. The highest BCUT2D eigenvalue weighted by Gasteiger charge is 2.52. The van der Waals surface area contributed by atoms with Crippen LogP contribution in [0.25, 0.3) is 0 Å². The van der Waals surface area contributed by atoms with Crippen LogP contribution in [0.3, 0.4) is 0 Å². The van der Waals surface area contributed by atoms with Gasteiger partial charge in [-0.3, -0.25) is 9.69 Å². The number of allylic oxidation sites excluding steroid dienone is 1. The molecule has 1 aromatic rings. The maximum atomic E-state index is 12.8. The van der Waals surface area contributed by atoms with Crippen LogP contribution in [-0.2, 0) is 9.53 Å². The third-order valence-corrected chi connectivity index (χ3v) is 8.32. The number of anilines is 1. The molecule has 162 valence electrons. The third-order valence-electron chi connectivity index (χ3n) is 8.08. The van der Waals surface area contributed by atoms with E-state index in [4.69, 9.17) is 16.3 Å². The summed E-state index contributed by atoms with van der Waals surface area (Å²) < 4.78 is 5.94. The second-order valence-corrected chi connectivity index (χ2v) is 10.5. The minimum Gasteiger partial charge on any atom is -0.461 e. The second-order valence-electron chi connectivity index (χ2n) is 10.1. The molecular formula is C25H33ClN2O2. The number of fused-ring (bicyclic) bond motifs is 2. The summed E-state index contributed by atoms with van der Waals surface area (Å²) in [5, 5.41) is 0.781. The van der Waals surface area contributed by atoms with Crippen LogP contribution in [0, 0.1) is 23.2 Å². The number of hydrogen-bond donors (Lipinski definition) is 0. The fourth-order valence-corrected chi connectivity index (χ4v) is 6.58. The zero-order chi connectivity index (χ0) is 20.9. The predicted molar refractivity (Wildman–Crippen MR) is 121 cm³/mol. The Bertz CT molecular complexity index is 847. The normalized spacial score (nSPS) is 36.7. The van der Waals surface area contributed by atoms with Crippen molar-refractivity contribution in [3.63, 3.8) is 0 Å². The molecule has 2 aliphatic heterocycles. The van der Waals surface area contributed by atoms with Crippen LogP contribution in [0.5, 0.6) is 0 Å². The van der Waals surface area contributed by atoms with E-state index in [0.717, 1.165) is 44.2 Å². The Balaban J connectivity index is 1.26. The molecule has 0 radical (unpaired) electrons. The van der Waals surface area contributed by atoms with E-state index in [1.165, 1.54) is 24.9 Å². The lowest BCUT2D eigenvalue weighted by molar-refractivity contribution is -0.145. The maximum Gasteiger partial charge on any atom is 0.311 e. The van der Waals surface area contributed by atoms with Crippen molar-refractivity contribution < 1.29 is 9.53 Å². The molecule has 1 saturated carbocycles. The monoisotopic (exact) mass is 428 g/mol. The van der Waals surface area contributed by atoms with Gasteiger partial charge < -0.3 is 9.64 Å². The highest BCUT2D eigenvalue weighted by atomic mass is 35.5. The molecule has 0 aromatic heterocycles. The fraction of sp³-hybridized carbons (Fsp3) is 0.640. The lowest BCUT2D eigenvalue weighted by Gasteiger charge is -2.46. The highest BCUT2D eigenvalue weighted by Crippen LogP contribution is 2.54. The van der Waals surface area contributed by atoms with Crippen molar-refractivity contribution in [3.05, 3.63) is 40.9 Å². The van der Waals surface area contributed by atoms with Crippen molar-refractivity contribution in [3.8, 4) is 0 Å². The Hall–Kier alpha value is -1.52. The van der Waals surface area contributed by atoms with Crippen molar-refractivity contribution in [2.45, 2.75) is 45.6 Å². The van der Waals surface area contributed by atoms with Crippen LogP contribution in [-0.4, -0.2) is 49.7 Å². The van der Waals surface area contributed by atoms with E-state index < -0.39 is 0 Å². The van der Waals surface area contributed by atoms with Crippen molar-refractivity contribution >= 4 is 23.3 Å². The summed E-state index contributed by atoms with van der Waals surface area (Å²) in [7, 11) is 0. The first-order valence-corrected chi connectivity index (χ1v) is 12.0. The van der Waals surface area contributed by atoms with E-state index in [-0.39, 0.29) is 29.3 Å². The van der Waals surface area contributed by atoms with E-state index in [1.54, 1.807) is 5.57 Å². The number of esters is 1. The van der Waals surface area contributed by atoms with Crippen molar-refractivity contribution in [1.29, 1.82) is 0 Å². The largest absolute Gasteiger partial charge is 0.461 e.